The van der Waals surface area contributed by atoms with E-state index in [2.05, 4.69) is 20.6 Å². The first kappa shape index (κ1) is 41.2. The molecule has 0 radical (unpaired) electrons. The number of carbonyl (C=O) groups is 2. The summed E-state index contributed by atoms with van der Waals surface area (Å²) in [7, 11) is -9.62. The van der Waals surface area contributed by atoms with E-state index in [1.165, 1.54) is 60.7 Å². The van der Waals surface area contributed by atoms with Gasteiger partial charge in [-0.25, -0.2) is 26.4 Å². The predicted octanol–water partition coefficient (Wildman–Crippen LogP) is 7.27. The van der Waals surface area contributed by atoms with Crippen LogP contribution in [0.1, 0.15) is 10.4 Å². The second-order valence-electron chi connectivity index (χ2n) is 10.6. The van der Waals surface area contributed by atoms with Gasteiger partial charge in [0.05, 0.1) is 15.4 Å². The van der Waals surface area contributed by atoms with Crippen LogP contribution in [-0.2, 0) is 20.2 Å². The molecule has 0 atom stereocenters. The van der Waals surface area contributed by atoms with Crippen LogP contribution in [0.25, 0.3) is 31.5 Å². The van der Waals surface area contributed by atoms with Crippen LogP contribution in [0, 0.1) is 10.8 Å². The van der Waals surface area contributed by atoms with Gasteiger partial charge in [0, 0.05) is 46.4 Å². The molecule has 276 valence electrons. The van der Waals surface area contributed by atoms with Crippen molar-refractivity contribution in [2.45, 2.75) is 9.79 Å². The average Bonchev–Trinajstić information content (AvgIpc) is 3.11. The van der Waals surface area contributed by atoms with E-state index in [1.807, 2.05) is 18.2 Å². The number of urea groups is 1. The number of carboxylic acids is 1. The van der Waals surface area contributed by atoms with E-state index in [1.54, 1.807) is 12.1 Å². The Balaban J connectivity index is 0.000000319. The maximum absolute atomic E-state index is 12.4. The summed E-state index contributed by atoms with van der Waals surface area (Å²) < 4.78 is 67.6. The van der Waals surface area contributed by atoms with E-state index >= 15 is 0 Å². The van der Waals surface area contributed by atoms with Gasteiger partial charge in [-0.05, 0) is 83.6 Å². The Bertz CT molecular complexity index is 2540. The Hall–Kier alpha value is -7.20. The summed E-state index contributed by atoms with van der Waals surface area (Å²) in [6.45, 7) is 0. The number of aromatic carboxylic acids is 1. The molecular formula is C34H28N7O11S2+. The summed E-state index contributed by atoms with van der Waals surface area (Å²) in [6, 6.07) is 26.0. The van der Waals surface area contributed by atoms with E-state index in [4.69, 9.17) is 15.9 Å². The summed E-state index contributed by atoms with van der Waals surface area (Å²) in [6.07, 6.45) is 0. The molecule has 0 aromatic heterocycles. The standard InChI is InChI=1S/C21H16N2O9S2.C7H4N2O2.C6H5N2.H3N/c24-19-9-15(33(27,28)29)7-11-5-13(1-3-17(11)19)22-21(26)23-14-2-4-18-12(6-14)8-16(10-20(18)25)34(30,31)32;8-9-6-3-1-5(2-4-6)7(10)11;7-8-6-4-2-1-3-5-6;/h1-10,24-25H,(H2,22,23,26)(H,27,28,29)(H,30,31,32);1-4H;1-5H;1H3/q;;+1;. The van der Waals surface area contributed by atoms with Gasteiger partial charge >= 0.3 is 23.4 Å². The number of benzene rings is 6. The van der Waals surface area contributed by atoms with Crippen molar-refractivity contribution in [1.82, 2.24) is 6.15 Å². The minimum Gasteiger partial charge on any atom is -0.744 e. The van der Waals surface area contributed by atoms with E-state index in [-0.39, 0.29) is 44.6 Å². The maximum atomic E-state index is 12.4. The SMILES string of the molecule is N#[N+]c1ccc(C(=O)O)cc1.N#[N+]c1ccccc1.O=C(Nc1ccc2c(O)cc(S(=O)(=O)[O-])cc2c1)Nc1ccc2c(O)cc(S(=O)(=O)[O-])cc2c1.[NH4+]. The lowest BCUT2D eigenvalue weighted by molar-refractivity contribution is 0.0696. The number of nitrogens with zero attached hydrogens (tertiary/aromatic N) is 4. The fraction of sp³-hybridized carbons (Fsp3) is 0. The van der Waals surface area contributed by atoms with Crippen LogP contribution in [-0.4, -0.2) is 53.3 Å². The smallest absolute Gasteiger partial charge is 0.385 e. The third kappa shape index (κ3) is 10.9. The van der Waals surface area contributed by atoms with Gasteiger partial charge in [-0.1, -0.05) is 18.2 Å². The van der Waals surface area contributed by atoms with Crippen molar-refractivity contribution in [2.24, 2.45) is 0 Å². The van der Waals surface area contributed by atoms with Crippen molar-refractivity contribution in [1.29, 1.82) is 10.8 Å². The van der Waals surface area contributed by atoms with Crippen LogP contribution in [0.3, 0.4) is 0 Å². The summed E-state index contributed by atoms with van der Waals surface area (Å²) >= 11 is 0. The zero-order valence-corrected chi connectivity index (χ0v) is 29.3. The molecule has 0 aliphatic rings. The molecule has 6 rings (SSSR count). The highest BCUT2D eigenvalue weighted by molar-refractivity contribution is 7.86. The summed E-state index contributed by atoms with van der Waals surface area (Å²) in [5, 5.41) is 50.7. The quantitative estimate of drug-likeness (QED) is 0.0742. The number of carbonyl (C=O) groups excluding carboxylic acids is 1. The van der Waals surface area contributed by atoms with Gasteiger partial charge in [0.15, 0.2) is 9.95 Å². The molecule has 0 heterocycles. The van der Waals surface area contributed by atoms with Gasteiger partial charge in [-0.2, -0.15) is 0 Å². The molecule has 0 bridgehead atoms. The van der Waals surface area contributed by atoms with Gasteiger partial charge in [-0.15, -0.1) is 0 Å². The number of anilines is 2. The number of diazo groups is 2. The van der Waals surface area contributed by atoms with Crippen LogP contribution >= 0.6 is 0 Å². The third-order valence-electron chi connectivity index (χ3n) is 7.00. The van der Waals surface area contributed by atoms with Crippen molar-refractivity contribution in [2.75, 3.05) is 10.6 Å². The summed E-state index contributed by atoms with van der Waals surface area (Å²) in [4.78, 5) is 27.3. The van der Waals surface area contributed by atoms with Crippen LogP contribution in [0.2, 0.25) is 0 Å². The molecule has 6 aromatic rings. The van der Waals surface area contributed by atoms with Crippen LogP contribution in [0.5, 0.6) is 11.5 Å². The first-order valence-electron chi connectivity index (χ1n) is 14.6. The molecule has 0 spiro atoms. The molecule has 0 saturated carbocycles. The average molecular weight is 775 g/mol. The first-order chi connectivity index (χ1) is 25.0. The highest BCUT2D eigenvalue weighted by Gasteiger charge is 2.12. The van der Waals surface area contributed by atoms with Crippen molar-refractivity contribution < 1.29 is 50.8 Å². The number of rotatable bonds is 5. The number of phenolic OH excluding ortho intramolecular Hbond substituents is 2. The fourth-order valence-corrected chi connectivity index (χ4v) is 5.60. The number of quaternary nitrogens is 1. The Kier molecular flexibility index (Phi) is 13.2. The van der Waals surface area contributed by atoms with E-state index in [0.29, 0.717) is 11.4 Å². The number of phenols is 2. The zero-order valence-electron chi connectivity index (χ0n) is 27.7. The summed E-state index contributed by atoms with van der Waals surface area (Å²) in [5.41, 5.74) is 1.53. The molecular weight excluding hydrogens is 747 g/mol. The van der Waals surface area contributed by atoms with Gasteiger partial charge in [0.2, 0.25) is 10.8 Å². The van der Waals surface area contributed by atoms with Gasteiger partial charge in [0.25, 0.3) is 0 Å². The molecule has 0 saturated heterocycles. The molecule has 0 aliphatic carbocycles. The minimum atomic E-state index is -4.81. The number of carboxylic acid groups (broad SMARTS) is 1. The van der Waals surface area contributed by atoms with Crippen molar-refractivity contribution in [3.63, 3.8) is 0 Å². The second-order valence-corrected chi connectivity index (χ2v) is 13.4. The third-order valence-corrected chi connectivity index (χ3v) is 8.63. The Labute approximate surface area is 306 Å². The number of hydrogen-bond donors (Lipinski definition) is 6. The van der Waals surface area contributed by atoms with E-state index in [9.17, 15) is 45.7 Å². The van der Waals surface area contributed by atoms with E-state index < -0.39 is 53.5 Å². The lowest BCUT2D eigenvalue weighted by Gasteiger charge is -2.13. The minimum absolute atomic E-state index is 0. The molecule has 20 heteroatoms. The Morgan fingerprint density at radius 3 is 1.35 bits per heavy atom. The number of amides is 2. The van der Waals surface area contributed by atoms with Crippen LogP contribution in [0.15, 0.2) is 125 Å². The molecule has 6 aromatic carbocycles. The van der Waals surface area contributed by atoms with Gasteiger partial charge in [0.1, 0.15) is 31.7 Å². The fourth-order valence-electron chi connectivity index (χ4n) is 4.55. The predicted molar refractivity (Wildman–Crippen MR) is 195 cm³/mol. The zero-order chi connectivity index (χ0) is 38.9. The maximum Gasteiger partial charge on any atom is 0.385 e. The number of hydrogen-bond acceptors (Lipinski definition) is 12. The molecule has 18 nitrogen and oxygen atoms in total. The first-order valence-corrected chi connectivity index (χ1v) is 17.4. The lowest BCUT2D eigenvalue weighted by atomic mass is 10.1. The molecule has 0 aliphatic heterocycles. The van der Waals surface area contributed by atoms with Crippen molar-refractivity contribution in [3.8, 4) is 11.5 Å². The number of fused-ring (bicyclic) bond motifs is 2. The molecule has 2 amide bonds. The van der Waals surface area contributed by atoms with Crippen LogP contribution < -0.4 is 16.8 Å². The Morgan fingerprint density at radius 2 is 1.00 bits per heavy atom. The van der Waals surface area contributed by atoms with Gasteiger partial charge in [-0.3, -0.25) is 0 Å². The topological polar surface area (TPSA) is 326 Å². The van der Waals surface area contributed by atoms with E-state index in [0.717, 1.165) is 24.3 Å². The van der Waals surface area contributed by atoms with Crippen LogP contribution in [0.4, 0.5) is 27.5 Å². The lowest BCUT2D eigenvalue weighted by Crippen LogP contribution is -2.19. The van der Waals surface area contributed by atoms with Crippen molar-refractivity contribution >= 4 is 76.5 Å². The number of nitrogens with one attached hydrogen (secondary N) is 2. The monoisotopic (exact) mass is 774 g/mol. The molecule has 9 N–H and O–H groups in total. The molecule has 54 heavy (non-hydrogen) atoms. The Morgan fingerprint density at radius 1 is 0.593 bits per heavy atom. The highest BCUT2D eigenvalue weighted by Crippen LogP contribution is 2.32. The highest BCUT2D eigenvalue weighted by atomic mass is 32.2. The van der Waals surface area contributed by atoms with Crippen molar-refractivity contribution in [3.05, 3.63) is 131 Å². The number of aromatic hydroxyl groups is 2. The normalized spacial score (nSPS) is 10.5. The van der Waals surface area contributed by atoms with Gasteiger partial charge < -0.3 is 41.2 Å². The molecule has 0 unspecified atom stereocenters. The largest absolute Gasteiger partial charge is 0.744 e. The molecule has 0 fully saturated rings. The summed E-state index contributed by atoms with van der Waals surface area (Å²) in [5.74, 6) is -1.82. The second kappa shape index (κ2) is 17.3.